The number of aromatic nitrogens is 1. The number of carbonyl (C=O) groups excluding carboxylic acids is 1. The highest BCUT2D eigenvalue weighted by molar-refractivity contribution is 5.85. The van der Waals surface area contributed by atoms with Crippen LogP contribution in [-0.4, -0.2) is 29.1 Å². The molecule has 0 aromatic carbocycles. The topological polar surface area (TPSA) is 72.4 Å². The molecule has 6 heteroatoms. The van der Waals surface area contributed by atoms with Crippen LogP contribution in [0.25, 0.3) is 0 Å². The van der Waals surface area contributed by atoms with E-state index < -0.39 is 0 Å². The standard InChI is InChI=1S/C12H19N3O2.ClH/c1-8-6-9(14-17-8)7-15(2)12(16)10-4-3-5-11(10)13;/h6,10-11H,3-5,7,13H2,1-2H3;1H. The van der Waals surface area contributed by atoms with E-state index >= 15 is 0 Å². The molecule has 1 amide bonds. The molecule has 2 unspecified atom stereocenters. The SMILES string of the molecule is Cc1cc(CN(C)C(=O)C2CCCC2N)no1.Cl. The molecule has 0 aliphatic heterocycles. The number of aryl methyl sites for hydroxylation is 1. The molecule has 1 fully saturated rings. The Morgan fingerprint density at radius 2 is 2.33 bits per heavy atom. The summed E-state index contributed by atoms with van der Waals surface area (Å²) in [6.07, 6.45) is 2.91. The Morgan fingerprint density at radius 3 is 2.83 bits per heavy atom. The summed E-state index contributed by atoms with van der Waals surface area (Å²) in [4.78, 5) is 13.8. The second kappa shape index (κ2) is 6.20. The zero-order valence-corrected chi connectivity index (χ0v) is 11.6. The average Bonchev–Trinajstić information content (AvgIpc) is 2.86. The summed E-state index contributed by atoms with van der Waals surface area (Å²) in [6.45, 7) is 2.32. The molecular weight excluding hydrogens is 254 g/mol. The summed E-state index contributed by atoms with van der Waals surface area (Å²) in [5, 5.41) is 3.88. The van der Waals surface area contributed by atoms with Crippen molar-refractivity contribution in [1.82, 2.24) is 10.1 Å². The Bertz CT molecular complexity index is 408. The first-order valence-electron chi connectivity index (χ1n) is 6.00. The van der Waals surface area contributed by atoms with E-state index in [0.717, 1.165) is 30.7 Å². The van der Waals surface area contributed by atoms with Crippen molar-refractivity contribution in [2.24, 2.45) is 11.7 Å². The number of rotatable bonds is 3. The van der Waals surface area contributed by atoms with Gasteiger partial charge in [-0.2, -0.15) is 0 Å². The fourth-order valence-corrected chi connectivity index (χ4v) is 2.39. The summed E-state index contributed by atoms with van der Waals surface area (Å²) in [6, 6.07) is 1.86. The minimum atomic E-state index is -0.0204. The zero-order chi connectivity index (χ0) is 12.4. The lowest BCUT2D eigenvalue weighted by Crippen LogP contribution is -2.39. The lowest BCUT2D eigenvalue weighted by Gasteiger charge is -2.22. The van der Waals surface area contributed by atoms with E-state index in [0.29, 0.717) is 6.54 Å². The highest BCUT2D eigenvalue weighted by Gasteiger charge is 2.32. The Balaban J connectivity index is 0.00000162. The zero-order valence-electron chi connectivity index (χ0n) is 10.8. The van der Waals surface area contributed by atoms with Crippen LogP contribution in [0.1, 0.15) is 30.7 Å². The number of nitrogens with two attached hydrogens (primary N) is 1. The molecule has 1 aliphatic carbocycles. The van der Waals surface area contributed by atoms with Gasteiger partial charge in [0, 0.05) is 19.2 Å². The number of nitrogens with zero attached hydrogens (tertiary/aromatic N) is 2. The maximum absolute atomic E-state index is 12.2. The molecule has 1 heterocycles. The number of amides is 1. The van der Waals surface area contributed by atoms with E-state index in [2.05, 4.69) is 5.16 Å². The molecule has 2 atom stereocenters. The minimum absolute atomic E-state index is 0. The first-order valence-corrected chi connectivity index (χ1v) is 6.00. The molecule has 1 saturated carbocycles. The quantitative estimate of drug-likeness (QED) is 0.906. The summed E-state index contributed by atoms with van der Waals surface area (Å²) in [5.74, 6) is 0.863. The second-order valence-electron chi connectivity index (χ2n) is 4.82. The van der Waals surface area contributed by atoms with Crippen LogP contribution in [0.5, 0.6) is 0 Å². The lowest BCUT2D eigenvalue weighted by atomic mass is 10.0. The number of halogens is 1. The largest absolute Gasteiger partial charge is 0.361 e. The summed E-state index contributed by atoms with van der Waals surface area (Å²) in [5.41, 5.74) is 6.72. The van der Waals surface area contributed by atoms with Crippen LogP contribution in [-0.2, 0) is 11.3 Å². The normalized spacial score (nSPS) is 22.6. The third-order valence-electron chi connectivity index (χ3n) is 3.34. The van der Waals surface area contributed by atoms with Gasteiger partial charge < -0.3 is 15.2 Å². The van der Waals surface area contributed by atoms with Gasteiger partial charge in [-0.3, -0.25) is 4.79 Å². The first kappa shape index (κ1) is 15.0. The van der Waals surface area contributed by atoms with Crippen LogP contribution in [0.15, 0.2) is 10.6 Å². The smallest absolute Gasteiger partial charge is 0.227 e. The van der Waals surface area contributed by atoms with Gasteiger partial charge in [0.15, 0.2) is 0 Å². The Kier molecular flexibility index (Phi) is 5.16. The molecule has 0 spiro atoms. The third-order valence-corrected chi connectivity index (χ3v) is 3.34. The molecule has 1 aromatic rings. The average molecular weight is 274 g/mol. The van der Waals surface area contributed by atoms with Crippen LogP contribution in [0.3, 0.4) is 0 Å². The van der Waals surface area contributed by atoms with Crippen molar-refractivity contribution in [2.45, 2.75) is 38.8 Å². The molecular formula is C12H20ClN3O2. The summed E-state index contributed by atoms with van der Waals surface area (Å²) in [7, 11) is 1.79. The molecule has 1 aliphatic rings. The minimum Gasteiger partial charge on any atom is -0.361 e. The van der Waals surface area contributed by atoms with Gasteiger partial charge in [0.25, 0.3) is 0 Å². The van der Waals surface area contributed by atoms with Gasteiger partial charge in [0.1, 0.15) is 11.5 Å². The van der Waals surface area contributed by atoms with E-state index in [1.807, 2.05) is 13.0 Å². The van der Waals surface area contributed by atoms with Crippen molar-refractivity contribution in [3.05, 3.63) is 17.5 Å². The van der Waals surface area contributed by atoms with Crippen molar-refractivity contribution in [3.8, 4) is 0 Å². The molecule has 0 saturated heterocycles. The van der Waals surface area contributed by atoms with E-state index in [4.69, 9.17) is 10.3 Å². The highest BCUT2D eigenvalue weighted by Crippen LogP contribution is 2.25. The van der Waals surface area contributed by atoms with Crippen LogP contribution in [0.2, 0.25) is 0 Å². The molecule has 0 bridgehead atoms. The first-order chi connectivity index (χ1) is 8.08. The summed E-state index contributed by atoms with van der Waals surface area (Å²) < 4.78 is 4.98. The Morgan fingerprint density at radius 1 is 1.61 bits per heavy atom. The van der Waals surface area contributed by atoms with Gasteiger partial charge in [-0.05, 0) is 19.8 Å². The fraction of sp³-hybridized carbons (Fsp3) is 0.667. The second-order valence-corrected chi connectivity index (χ2v) is 4.82. The van der Waals surface area contributed by atoms with Crippen LogP contribution < -0.4 is 5.73 Å². The van der Waals surface area contributed by atoms with Crippen molar-refractivity contribution in [2.75, 3.05) is 7.05 Å². The molecule has 102 valence electrons. The maximum Gasteiger partial charge on any atom is 0.227 e. The van der Waals surface area contributed by atoms with Gasteiger partial charge >= 0.3 is 0 Å². The maximum atomic E-state index is 12.2. The molecule has 2 N–H and O–H groups in total. The van der Waals surface area contributed by atoms with E-state index in [9.17, 15) is 4.79 Å². The van der Waals surface area contributed by atoms with Gasteiger partial charge in [0.2, 0.25) is 5.91 Å². The van der Waals surface area contributed by atoms with Crippen molar-refractivity contribution >= 4 is 18.3 Å². The van der Waals surface area contributed by atoms with Gasteiger partial charge in [0.05, 0.1) is 12.5 Å². The molecule has 18 heavy (non-hydrogen) atoms. The van der Waals surface area contributed by atoms with Crippen molar-refractivity contribution in [1.29, 1.82) is 0 Å². The Labute approximate surface area is 113 Å². The van der Waals surface area contributed by atoms with Crippen LogP contribution in [0, 0.1) is 12.8 Å². The van der Waals surface area contributed by atoms with Crippen LogP contribution >= 0.6 is 12.4 Å². The molecule has 5 nitrogen and oxygen atoms in total. The predicted octanol–water partition coefficient (Wildman–Crippen LogP) is 1.49. The fourth-order valence-electron chi connectivity index (χ4n) is 2.39. The van der Waals surface area contributed by atoms with E-state index in [1.54, 1.807) is 11.9 Å². The predicted molar refractivity (Wildman–Crippen MR) is 70.3 cm³/mol. The van der Waals surface area contributed by atoms with E-state index in [1.165, 1.54) is 0 Å². The van der Waals surface area contributed by atoms with Crippen LogP contribution in [0.4, 0.5) is 0 Å². The summed E-state index contributed by atoms with van der Waals surface area (Å²) >= 11 is 0. The van der Waals surface area contributed by atoms with Crippen molar-refractivity contribution < 1.29 is 9.32 Å². The molecule has 0 radical (unpaired) electrons. The number of hydrogen-bond donors (Lipinski definition) is 1. The highest BCUT2D eigenvalue weighted by atomic mass is 35.5. The Hall–Kier alpha value is -1.07. The van der Waals surface area contributed by atoms with Gasteiger partial charge in [-0.1, -0.05) is 11.6 Å². The van der Waals surface area contributed by atoms with Gasteiger partial charge in [-0.25, -0.2) is 0 Å². The molecule has 1 aromatic heterocycles. The monoisotopic (exact) mass is 273 g/mol. The molecule has 2 rings (SSSR count). The van der Waals surface area contributed by atoms with E-state index in [-0.39, 0.29) is 30.3 Å². The third kappa shape index (κ3) is 3.23. The lowest BCUT2D eigenvalue weighted by molar-refractivity contribution is -0.135. The van der Waals surface area contributed by atoms with Crippen molar-refractivity contribution in [3.63, 3.8) is 0 Å². The number of carbonyl (C=O) groups is 1. The number of hydrogen-bond acceptors (Lipinski definition) is 4. The van der Waals surface area contributed by atoms with Gasteiger partial charge in [-0.15, -0.1) is 12.4 Å².